The number of carbonyl (C=O) groups excluding carboxylic acids is 2. The fourth-order valence-corrected chi connectivity index (χ4v) is 3.56. The molecule has 2 amide bonds. The molecule has 0 unspecified atom stereocenters. The summed E-state index contributed by atoms with van der Waals surface area (Å²) in [6.07, 6.45) is 3.20. The monoisotopic (exact) mass is 382 g/mol. The number of thiophene rings is 1. The third kappa shape index (κ3) is 3.79. The Hall–Kier alpha value is -2.90. The van der Waals surface area contributed by atoms with Crippen molar-refractivity contribution >= 4 is 45.9 Å². The number of nitrogens with one attached hydrogen (secondary N) is 1. The molecule has 0 aliphatic carbocycles. The van der Waals surface area contributed by atoms with Gasteiger partial charge in [0.2, 0.25) is 11.7 Å². The van der Waals surface area contributed by atoms with E-state index in [1.165, 1.54) is 6.08 Å². The van der Waals surface area contributed by atoms with Crippen LogP contribution >= 0.6 is 11.3 Å². The number of benzene rings is 1. The van der Waals surface area contributed by atoms with Gasteiger partial charge >= 0.3 is 0 Å². The van der Waals surface area contributed by atoms with E-state index in [1.807, 2.05) is 35.7 Å². The molecule has 0 bridgehead atoms. The topological polar surface area (TPSA) is 71.8 Å². The van der Waals surface area contributed by atoms with Gasteiger partial charge in [-0.25, -0.2) is 0 Å². The third-order valence-corrected chi connectivity index (χ3v) is 5.12. The lowest BCUT2D eigenvalue weighted by Gasteiger charge is -2.26. The summed E-state index contributed by atoms with van der Waals surface area (Å²) in [6, 6.07) is 11.1. The minimum absolute atomic E-state index is 0.149. The molecule has 2 aromatic heterocycles. The number of anilines is 1. The highest BCUT2D eigenvalue weighted by molar-refractivity contribution is 7.10. The number of para-hydroxylation sites is 1. The summed E-state index contributed by atoms with van der Waals surface area (Å²) in [5.74, 6) is -0.408. The average Bonchev–Trinajstić information content (AvgIpc) is 3.35. The van der Waals surface area contributed by atoms with Gasteiger partial charge in [-0.1, -0.05) is 18.2 Å². The van der Waals surface area contributed by atoms with Crippen LogP contribution in [0.5, 0.6) is 0 Å². The predicted octanol–water partition coefficient (Wildman–Crippen LogP) is 3.62. The molecule has 1 saturated heterocycles. The summed E-state index contributed by atoms with van der Waals surface area (Å²) in [5.41, 5.74) is 0.967. The van der Waals surface area contributed by atoms with Crippen LogP contribution in [0.25, 0.3) is 17.0 Å². The Labute approximate surface area is 160 Å². The van der Waals surface area contributed by atoms with Gasteiger partial charge in [0.05, 0.1) is 13.2 Å². The molecule has 3 heterocycles. The Kier molecular flexibility index (Phi) is 5.04. The van der Waals surface area contributed by atoms with Crippen LogP contribution in [0.4, 0.5) is 5.69 Å². The molecule has 1 aliphatic heterocycles. The number of hydrogen-bond donors (Lipinski definition) is 1. The number of morpholine rings is 1. The van der Waals surface area contributed by atoms with Gasteiger partial charge in [-0.3, -0.25) is 9.59 Å². The van der Waals surface area contributed by atoms with Gasteiger partial charge in [-0.15, -0.1) is 11.3 Å². The number of furan rings is 1. The fourth-order valence-electron chi connectivity index (χ4n) is 2.94. The SMILES string of the molecule is O=C(/C=C/c1cccs1)Nc1c(C(=O)N2CCOCC2)oc2ccccc12. The summed E-state index contributed by atoms with van der Waals surface area (Å²) in [7, 11) is 0. The standard InChI is InChI=1S/C20H18N2O4S/c23-17(8-7-14-4-3-13-27-14)21-18-15-5-1-2-6-16(15)26-19(18)20(24)22-9-11-25-12-10-22/h1-8,13H,9-12H2,(H,21,23)/b8-7+. The molecular formula is C20H18N2O4S. The van der Waals surface area contributed by atoms with Gasteiger partial charge in [0.15, 0.2) is 0 Å². The van der Waals surface area contributed by atoms with Crippen LogP contribution in [0, 0.1) is 0 Å². The lowest BCUT2D eigenvalue weighted by atomic mass is 10.2. The van der Waals surface area contributed by atoms with Crippen molar-refractivity contribution in [3.8, 4) is 0 Å². The van der Waals surface area contributed by atoms with Crippen LogP contribution in [-0.2, 0) is 9.53 Å². The molecule has 0 radical (unpaired) electrons. The molecule has 7 heteroatoms. The van der Waals surface area contributed by atoms with E-state index in [0.29, 0.717) is 43.0 Å². The highest BCUT2D eigenvalue weighted by atomic mass is 32.1. The lowest BCUT2D eigenvalue weighted by Crippen LogP contribution is -2.40. The summed E-state index contributed by atoms with van der Waals surface area (Å²) in [4.78, 5) is 28.0. The summed E-state index contributed by atoms with van der Waals surface area (Å²) in [5, 5.41) is 5.47. The van der Waals surface area contributed by atoms with Gasteiger partial charge in [0.25, 0.3) is 5.91 Å². The lowest BCUT2D eigenvalue weighted by molar-refractivity contribution is -0.111. The first-order valence-corrected chi connectivity index (χ1v) is 9.51. The van der Waals surface area contributed by atoms with Crippen molar-refractivity contribution in [3.63, 3.8) is 0 Å². The molecule has 1 fully saturated rings. The average molecular weight is 382 g/mol. The number of carbonyl (C=O) groups is 2. The van der Waals surface area contributed by atoms with Crippen LogP contribution in [-0.4, -0.2) is 43.0 Å². The predicted molar refractivity (Wildman–Crippen MR) is 105 cm³/mol. The second-order valence-corrected chi connectivity index (χ2v) is 7.02. The fraction of sp³-hybridized carbons (Fsp3) is 0.200. The van der Waals surface area contributed by atoms with Crippen molar-refractivity contribution < 1.29 is 18.7 Å². The Balaban J connectivity index is 1.63. The van der Waals surface area contributed by atoms with Crippen molar-refractivity contribution in [2.24, 2.45) is 0 Å². The van der Waals surface area contributed by atoms with Crippen LogP contribution < -0.4 is 5.32 Å². The van der Waals surface area contributed by atoms with Crippen molar-refractivity contribution in [1.29, 1.82) is 0 Å². The molecule has 4 rings (SSSR count). The third-order valence-electron chi connectivity index (χ3n) is 4.28. The van der Waals surface area contributed by atoms with Gasteiger partial charge in [0.1, 0.15) is 11.3 Å². The highest BCUT2D eigenvalue weighted by Gasteiger charge is 2.27. The second kappa shape index (κ2) is 7.77. The summed E-state index contributed by atoms with van der Waals surface area (Å²) < 4.78 is 11.1. The zero-order valence-corrected chi connectivity index (χ0v) is 15.3. The van der Waals surface area contributed by atoms with Crippen molar-refractivity contribution in [2.75, 3.05) is 31.6 Å². The largest absolute Gasteiger partial charge is 0.449 e. The maximum absolute atomic E-state index is 12.9. The van der Waals surface area contributed by atoms with Gasteiger partial charge in [0, 0.05) is 29.4 Å². The van der Waals surface area contributed by atoms with E-state index in [-0.39, 0.29) is 17.6 Å². The molecule has 1 aliphatic rings. The number of fused-ring (bicyclic) bond motifs is 1. The zero-order valence-electron chi connectivity index (χ0n) is 14.5. The van der Waals surface area contributed by atoms with Crippen LogP contribution in [0.15, 0.2) is 52.3 Å². The molecule has 0 saturated carbocycles. The van der Waals surface area contributed by atoms with E-state index in [4.69, 9.17) is 9.15 Å². The highest BCUT2D eigenvalue weighted by Crippen LogP contribution is 2.32. The Morgan fingerprint density at radius 2 is 1.93 bits per heavy atom. The normalized spacial score (nSPS) is 14.7. The van der Waals surface area contributed by atoms with Crippen LogP contribution in [0.2, 0.25) is 0 Å². The van der Waals surface area contributed by atoms with E-state index in [2.05, 4.69) is 5.32 Å². The van der Waals surface area contributed by atoms with Crippen molar-refractivity contribution in [3.05, 3.63) is 58.5 Å². The molecule has 138 valence electrons. The number of ether oxygens (including phenoxy) is 1. The first kappa shape index (κ1) is 17.5. The van der Waals surface area contributed by atoms with E-state index < -0.39 is 0 Å². The zero-order chi connectivity index (χ0) is 18.6. The van der Waals surface area contributed by atoms with E-state index >= 15 is 0 Å². The molecule has 27 heavy (non-hydrogen) atoms. The van der Waals surface area contributed by atoms with Crippen molar-refractivity contribution in [1.82, 2.24) is 4.90 Å². The van der Waals surface area contributed by atoms with E-state index in [9.17, 15) is 9.59 Å². The summed E-state index contributed by atoms with van der Waals surface area (Å²) in [6.45, 7) is 2.00. The molecule has 1 N–H and O–H groups in total. The van der Waals surface area contributed by atoms with Gasteiger partial charge in [-0.05, 0) is 29.7 Å². The molecule has 3 aromatic rings. The second-order valence-electron chi connectivity index (χ2n) is 6.04. The minimum Gasteiger partial charge on any atom is -0.449 e. The smallest absolute Gasteiger partial charge is 0.291 e. The molecule has 1 aromatic carbocycles. The van der Waals surface area contributed by atoms with E-state index in [1.54, 1.807) is 28.4 Å². The number of nitrogens with zero attached hydrogens (tertiary/aromatic N) is 1. The molecule has 6 nitrogen and oxygen atoms in total. The maximum Gasteiger partial charge on any atom is 0.291 e. The first-order valence-electron chi connectivity index (χ1n) is 8.63. The molecule has 0 spiro atoms. The maximum atomic E-state index is 12.9. The first-order chi connectivity index (χ1) is 13.2. The van der Waals surface area contributed by atoms with Crippen LogP contribution in [0.3, 0.4) is 0 Å². The number of hydrogen-bond acceptors (Lipinski definition) is 5. The van der Waals surface area contributed by atoms with Gasteiger partial charge < -0.3 is 19.4 Å². The van der Waals surface area contributed by atoms with E-state index in [0.717, 1.165) is 4.88 Å². The molecular weight excluding hydrogens is 364 g/mol. The number of rotatable bonds is 4. The molecule has 0 atom stereocenters. The Bertz CT molecular complexity index is 985. The van der Waals surface area contributed by atoms with Crippen molar-refractivity contribution in [2.45, 2.75) is 0 Å². The minimum atomic E-state index is -0.314. The van der Waals surface area contributed by atoms with Gasteiger partial charge in [-0.2, -0.15) is 0 Å². The van der Waals surface area contributed by atoms with Crippen LogP contribution in [0.1, 0.15) is 15.4 Å². The quantitative estimate of drug-likeness (QED) is 0.700. The Morgan fingerprint density at radius 1 is 1.11 bits per heavy atom. The number of amides is 2. The Morgan fingerprint density at radius 3 is 2.70 bits per heavy atom. The summed E-state index contributed by atoms with van der Waals surface area (Å²) >= 11 is 1.54.